The van der Waals surface area contributed by atoms with Gasteiger partial charge in [0.1, 0.15) is 18.2 Å². The number of carbonyl (C=O) groups excluding carboxylic acids is 2. The number of para-hydroxylation sites is 1. The third-order valence-electron chi connectivity index (χ3n) is 3.63. The van der Waals surface area contributed by atoms with Crippen molar-refractivity contribution in [3.63, 3.8) is 0 Å². The Kier molecular flexibility index (Phi) is 7.37. The highest BCUT2D eigenvalue weighted by atomic mass is 19.1. The average molecular weight is 373 g/mol. The van der Waals surface area contributed by atoms with Crippen LogP contribution in [0.4, 0.5) is 4.39 Å². The molecule has 0 bridgehead atoms. The summed E-state index contributed by atoms with van der Waals surface area (Å²) in [7, 11) is 1.10. The van der Waals surface area contributed by atoms with Crippen LogP contribution in [0.2, 0.25) is 0 Å². The van der Waals surface area contributed by atoms with E-state index in [9.17, 15) is 19.1 Å². The zero-order chi connectivity index (χ0) is 19.6. The third kappa shape index (κ3) is 6.47. The summed E-state index contributed by atoms with van der Waals surface area (Å²) in [4.78, 5) is 25.1. The molecule has 2 aromatic carbocycles. The van der Waals surface area contributed by atoms with Gasteiger partial charge in [-0.15, -0.1) is 0 Å². The van der Waals surface area contributed by atoms with E-state index in [1.54, 1.807) is 24.3 Å². The predicted molar refractivity (Wildman–Crippen MR) is 96.5 cm³/mol. The molecule has 0 atom stereocenters. The number of amides is 1. The van der Waals surface area contributed by atoms with Crippen molar-refractivity contribution in [2.24, 2.45) is 0 Å². The van der Waals surface area contributed by atoms with Crippen molar-refractivity contribution < 1.29 is 28.6 Å². The van der Waals surface area contributed by atoms with Gasteiger partial charge in [0.25, 0.3) is 5.91 Å². The number of benzene rings is 2. The zero-order valence-corrected chi connectivity index (χ0v) is 14.8. The largest absolute Gasteiger partial charge is 0.502 e. The van der Waals surface area contributed by atoms with Gasteiger partial charge in [0.2, 0.25) is 5.76 Å². The van der Waals surface area contributed by atoms with E-state index in [1.165, 1.54) is 17.0 Å². The number of halogens is 1. The van der Waals surface area contributed by atoms with Crippen molar-refractivity contribution in [1.82, 2.24) is 4.90 Å². The minimum absolute atomic E-state index is 0.155. The van der Waals surface area contributed by atoms with Gasteiger partial charge in [0.05, 0.1) is 19.7 Å². The van der Waals surface area contributed by atoms with Crippen molar-refractivity contribution in [1.29, 1.82) is 0 Å². The van der Waals surface area contributed by atoms with Crippen LogP contribution in [0.1, 0.15) is 5.56 Å². The van der Waals surface area contributed by atoms with E-state index in [1.807, 2.05) is 18.2 Å². The summed E-state index contributed by atoms with van der Waals surface area (Å²) in [5.41, 5.74) is 0.690. The fourth-order valence-corrected chi connectivity index (χ4v) is 2.24. The minimum atomic E-state index is -1.01. The first-order valence-corrected chi connectivity index (χ1v) is 8.20. The SMILES string of the molecule is COC(=O)/C(O)=C/C(=O)N(CCOc1ccccc1)Cc1ccc(F)cc1. The molecule has 0 saturated carbocycles. The van der Waals surface area contributed by atoms with Crippen LogP contribution in [0.3, 0.4) is 0 Å². The van der Waals surface area contributed by atoms with Crippen LogP contribution in [0.25, 0.3) is 0 Å². The van der Waals surface area contributed by atoms with Gasteiger partial charge < -0.3 is 19.5 Å². The van der Waals surface area contributed by atoms with Crippen molar-refractivity contribution in [3.8, 4) is 5.75 Å². The lowest BCUT2D eigenvalue weighted by molar-refractivity contribution is -0.139. The van der Waals surface area contributed by atoms with Crippen LogP contribution in [0.15, 0.2) is 66.4 Å². The summed E-state index contributed by atoms with van der Waals surface area (Å²) in [6.45, 7) is 0.544. The summed E-state index contributed by atoms with van der Waals surface area (Å²) in [6.07, 6.45) is 0.790. The highest BCUT2D eigenvalue weighted by Crippen LogP contribution is 2.11. The van der Waals surface area contributed by atoms with Gasteiger partial charge in [0.15, 0.2) is 0 Å². The number of nitrogens with zero attached hydrogens (tertiary/aromatic N) is 1. The van der Waals surface area contributed by atoms with Gasteiger partial charge in [-0.1, -0.05) is 30.3 Å². The first-order valence-electron chi connectivity index (χ1n) is 8.20. The lowest BCUT2D eigenvalue weighted by atomic mass is 10.2. The molecule has 2 aromatic rings. The average Bonchev–Trinajstić information content (AvgIpc) is 2.68. The second-order valence-electron chi connectivity index (χ2n) is 5.57. The van der Waals surface area contributed by atoms with Crippen molar-refractivity contribution in [3.05, 3.63) is 77.8 Å². The number of carbonyl (C=O) groups is 2. The molecule has 0 aliphatic heterocycles. The Hall–Kier alpha value is -3.35. The van der Waals surface area contributed by atoms with Crippen molar-refractivity contribution in [2.45, 2.75) is 6.54 Å². The molecule has 0 fully saturated rings. The number of esters is 1. The van der Waals surface area contributed by atoms with Gasteiger partial charge in [-0.25, -0.2) is 9.18 Å². The Morgan fingerprint density at radius 2 is 1.78 bits per heavy atom. The number of methoxy groups -OCH3 is 1. The summed E-state index contributed by atoms with van der Waals surface area (Å²) >= 11 is 0. The van der Waals surface area contributed by atoms with Gasteiger partial charge >= 0.3 is 5.97 Å². The highest BCUT2D eigenvalue weighted by Gasteiger charge is 2.16. The van der Waals surface area contributed by atoms with Crippen LogP contribution < -0.4 is 4.74 Å². The Balaban J connectivity index is 2.08. The molecule has 1 amide bonds. The van der Waals surface area contributed by atoms with E-state index < -0.39 is 17.6 Å². The molecule has 6 nitrogen and oxygen atoms in total. The molecule has 0 unspecified atom stereocenters. The normalized spacial score (nSPS) is 11.0. The van der Waals surface area contributed by atoms with Crippen LogP contribution >= 0.6 is 0 Å². The van der Waals surface area contributed by atoms with Gasteiger partial charge in [-0.2, -0.15) is 0 Å². The predicted octanol–water partition coefficient (Wildman–Crippen LogP) is 2.85. The van der Waals surface area contributed by atoms with Crippen LogP contribution in [-0.2, 0) is 20.9 Å². The molecule has 2 rings (SSSR count). The lowest BCUT2D eigenvalue weighted by Gasteiger charge is -2.21. The maximum atomic E-state index is 13.1. The number of rotatable bonds is 8. The van der Waals surface area contributed by atoms with Crippen LogP contribution in [0.5, 0.6) is 5.75 Å². The molecule has 0 aliphatic rings. The summed E-state index contributed by atoms with van der Waals surface area (Å²) in [6, 6.07) is 14.8. The maximum Gasteiger partial charge on any atom is 0.373 e. The molecule has 0 saturated heterocycles. The maximum absolute atomic E-state index is 13.1. The molecule has 142 valence electrons. The Bertz CT molecular complexity index is 790. The van der Waals surface area contributed by atoms with E-state index in [4.69, 9.17) is 4.74 Å². The van der Waals surface area contributed by atoms with Crippen LogP contribution in [0, 0.1) is 5.82 Å². The van der Waals surface area contributed by atoms with E-state index in [2.05, 4.69) is 4.74 Å². The fraction of sp³-hybridized carbons (Fsp3) is 0.200. The Morgan fingerprint density at radius 3 is 2.41 bits per heavy atom. The molecule has 0 aliphatic carbocycles. The molecule has 1 N–H and O–H groups in total. The van der Waals surface area contributed by atoms with E-state index >= 15 is 0 Å². The lowest BCUT2D eigenvalue weighted by Crippen LogP contribution is -2.33. The van der Waals surface area contributed by atoms with Gasteiger partial charge in [0, 0.05) is 6.54 Å². The van der Waals surface area contributed by atoms with E-state index in [0.717, 1.165) is 13.2 Å². The summed E-state index contributed by atoms with van der Waals surface area (Å²) < 4.78 is 23.0. The number of aliphatic hydroxyl groups excluding tert-OH is 1. The van der Waals surface area contributed by atoms with Gasteiger partial charge in [-0.3, -0.25) is 4.79 Å². The molecule has 27 heavy (non-hydrogen) atoms. The molecular weight excluding hydrogens is 353 g/mol. The number of hydrogen-bond acceptors (Lipinski definition) is 5. The number of aliphatic hydroxyl groups is 1. The topological polar surface area (TPSA) is 76.1 Å². The summed E-state index contributed by atoms with van der Waals surface area (Å²) in [5, 5.41) is 9.60. The molecule has 0 heterocycles. The monoisotopic (exact) mass is 373 g/mol. The zero-order valence-electron chi connectivity index (χ0n) is 14.8. The Morgan fingerprint density at radius 1 is 1.11 bits per heavy atom. The van der Waals surface area contributed by atoms with Crippen molar-refractivity contribution >= 4 is 11.9 Å². The fourth-order valence-electron chi connectivity index (χ4n) is 2.24. The minimum Gasteiger partial charge on any atom is -0.502 e. The highest BCUT2D eigenvalue weighted by molar-refractivity contribution is 5.96. The first kappa shape index (κ1) is 20.0. The molecule has 7 heteroatoms. The molecular formula is C20H20FNO5. The molecule has 0 spiro atoms. The first-order chi connectivity index (χ1) is 13.0. The van der Waals surface area contributed by atoms with E-state index in [0.29, 0.717) is 11.3 Å². The molecule has 0 radical (unpaired) electrons. The van der Waals surface area contributed by atoms with Crippen molar-refractivity contribution in [2.75, 3.05) is 20.3 Å². The quantitative estimate of drug-likeness (QED) is 0.437. The smallest absolute Gasteiger partial charge is 0.373 e. The summed E-state index contributed by atoms with van der Waals surface area (Å²) in [5.74, 6) is -2.13. The second kappa shape index (κ2) is 9.96. The number of hydrogen-bond donors (Lipinski definition) is 1. The second-order valence-corrected chi connectivity index (χ2v) is 5.57. The standard InChI is InChI=1S/C20H20FNO5/c1-26-20(25)18(23)13-19(24)22(14-15-7-9-16(21)10-8-15)11-12-27-17-5-3-2-4-6-17/h2-10,13,23H,11-12,14H2,1H3/b18-13-. The van der Waals surface area contributed by atoms with Gasteiger partial charge in [-0.05, 0) is 29.8 Å². The molecule has 0 aromatic heterocycles. The number of ether oxygens (including phenoxy) is 2. The van der Waals surface area contributed by atoms with E-state index in [-0.39, 0.29) is 25.5 Å². The Labute approximate surface area is 156 Å². The van der Waals surface area contributed by atoms with Crippen LogP contribution in [-0.4, -0.2) is 42.1 Å². The third-order valence-corrected chi connectivity index (χ3v) is 3.63.